The van der Waals surface area contributed by atoms with Gasteiger partial charge in [-0.05, 0) is 37.5 Å². The lowest BCUT2D eigenvalue weighted by molar-refractivity contribution is 0.539. The molecule has 0 unspecified atom stereocenters. The van der Waals surface area contributed by atoms with E-state index in [1.807, 2.05) is 0 Å². The van der Waals surface area contributed by atoms with Crippen LogP contribution in [-0.4, -0.2) is 18.8 Å². The van der Waals surface area contributed by atoms with Crippen LogP contribution in [-0.2, 0) is 0 Å². The first-order valence-electron chi connectivity index (χ1n) is 5.42. The van der Waals surface area contributed by atoms with Gasteiger partial charge in [-0.25, -0.2) is 10.0 Å². The highest BCUT2D eigenvalue weighted by molar-refractivity contribution is 8.35. The fraction of sp³-hybridized carbons (Fsp3) is 0.571. The summed E-state index contributed by atoms with van der Waals surface area (Å²) < 4.78 is 0. The van der Waals surface area contributed by atoms with Gasteiger partial charge in [0.25, 0.3) is 0 Å². The van der Waals surface area contributed by atoms with Crippen molar-refractivity contribution in [1.29, 1.82) is 0 Å². The minimum Gasteiger partial charge on any atom is -0.223 e. The van der Waals surface area contributed by atoms with E-state index in [1.165, 1.54) is 16.1 Å². The van der Waals surface area contributed by atoms with Gasteiger partial charge in [-0.1, -0.05) is 43.2 Å². The Bertz CT molecular complexity index is 346. The van der Waals surface area contributed by atoms with E-state index in [0.717, 1.165) is 0 Å². The van der Waals surface area contributed by atoms with Crippen molar-refractivity contribution in [3.8, 4) is 0 Å². The summed E-state index contributed by atoms with van der Waals surface area (Å²) in [7, 11) is -0.616. The van der Waals surface area contributed by atoms with Gasteiger partial charge in [-0.2, -0.15) is 0 Å². The third kappa shape index (κ3) is 2.57. The van der Waals surface area contributed by atoms with E-state index in [0.29, 0.717) is 0 Å². The fourth-order valence-corrected chi connectivity index (χ4v) is 2.56. The van der Waals surface area contributed by atoms with E-state index in [9.17, 15) is 0 Å². The first-order chi connectivity index (χ1) is 6.65. The number of rotatable bonds is 1. The van der Waals surface area contributed by atoms with Gasteiger partial charge in [0.05, 0.1) is 0 Å². The van der Waals surface area contributed by atoms with Crippen LogP contribution in [0.25, 0.3) is 0 Å². The minimum absolute atomic E-state index is 0.211. The molecule has 0 aromatic carbocycles. The molecule has 0 nitrogen and oxygen atoms in total. The lowest BCUT2D eigenvalue weighted by Gasteiger charge is -2.29. The van der Waals surface area contributed by atoms with Gasteiger partial charge in [0.1, 0.15) is 0 Å². The highest BCUT2D eigenvalue weighted by Gasteiger charge is 2.24. The van der Waals surface area contributed by atoms with E-state index in [4.69, 9.17) is 0 Å². The Morgan fingerprint density at radius 3 is 1.93 bits per heavy atom. The average Bonchev–Trinajstić information content (AvgIpc) is 2.16. The van der Waals surface area contributed by atoms with Gasteiger partial charge in [-0.15, -0.1) is 0 Å². The fourth-order valence-electron chi connectivity index (χ4n) is 1.55. The first kappa shape index (κ1) is 12.6. The molecule has 0 aromatic heterocycles. The van der Waals surface area contributed by atoms with Crippen LogP contribution in [0.5, 0.6) is 0 Å². The lowest BCUT2D eigenvalue weighted by atomic mass is 9.79. The number of hydrogen-bond acceptors (Lipinski definition) is 0. The summed E-state index contributed by atoms with van der Waals surface area (Å²) in [4.78, 5) is 1.50. The maximum absolute atomic E-state index is 2.39. The largest absolute Gasteiger partial charge is 0.223 e. The van der Waals surface area contributed by atoms with Gasteiger partial charge >= 0.3 is 0 Å². The molecular formula is C14H24S. The minimum atomic E-state index is -0.616. The zero-order valence-corrected chi connectivity index (χ0v) is 12.0. The molecule has 0 radical (unpaired) electrons. The Labute approximate surface area is 96.5 Å². The highest BCUT2D eigenvalue weighted by Crippen LogP contribution is 2.48. The molecule has 1 heteroatoms. The maximum Gasteiger partial charge on any atom is 0.00651 e. The zero-order valence-electron chi connectivity index (χ0n) is 11.1. The second-order valence-corrected chi connectivity index (χ2v) is 9.85. The Kier molecular flexibility index (Phi) is 3.25. The molecule has 1 aliphatic rings. The number of hydrogen-bond donors (Lipinski definition) is 0. The summed E-state index contributed by atoms with van der Waals surface area (Å²) in [5.41, 5.74) is 3.14. The summed E-state index contributed by atoms with van der Waals surface area (Å²) in [6.45, 7) is 9.09. The van der Waals surface area contributed by atoms with Crippen molar-refractivity contribution in [3.63, 3.8) is 0 Å². The van der Waals surface area contributed by atoms with Crippen molar-refractivity contribution in [2.45, 2.75) is 27.7 Å². The van der Waals surface area contributed by atoms with Gasteiger partial charge in [0.2, 0.25) is 0 Å². The predicted octanol–water partition coefficient (Wildman–Crippen LogP) is 4.50. The Hall–Kier alpha value is -0.430. The molecule has 0 aromatic rings. The van der Waals surface area contributed by atoms with E-state index < -0.39 is 10.0 Å². The molecule has 0 amide bonds. The van der Waals surface area contributed by atoms with E-state index in [1.54, 1.807) is 0 Å². The van der Waals surface area contributed by atoms with Crippen LogP contribution < -0.4 is 0 Å². The topological polar surface area (TPSA) is 0 Å². The normalized spacial score (nSPS) is 22.5. The SMILES string of the molecule is CC1=CC=C(S(C)(C)C)C=C(C)C1(C)C. The van der Waals surface area contributed by atoms with Crippen molar-refractivity contribution < 1.29 is 0 Å². The molecule has 1 aliphatic carbocycles. The quantitative estimate of drug-likeness (QED) is 0.615. The lowest BCUT2D eigenvalue weighted by Crippen LogP contribution is -2.14. The van der Waals surface area contributed by atoms with Crippen molar-refractivity contribution in [1.82, 2.24) is 0 Å². The molecule has 0 fully saturated rings. The summed E-state index contributed by atoms with van der Waals surface area (Å²) >= 11 is 0. The summed E-state index contributed by atoms with van der Waals surface area (Å²) in [5.74, 6) is 0. The van der Waals surface area contributed by atoms with Crippen LogP contribution in [0.1, 0.15) is 27.7 Å². The molecule has 0 atom stereocenters. The Balaban J connectivity index is 3.25. The number of allylic oxidation sites excluding steroid dienone is 5. The smallest absolute Gasteiger partial charge is 0.00651 e. The second kappa shape index (κ2) is 3.86. The summed E-state index contributed by atoms with van der Waals surface area (Å²) in [5, 5.41) is 0. The molecule has 0 aliphatic heterocycles. The zero-order chi connectivity index (χ0) is 11.9. The van der Waals surface area contributed by atoms with Gasteiger partial charge in [0.15, 0.2) is 0 Å². The van der Waals surface area contributed by atoms with Crippen LogP contribution in [0.4, 0.5) is 0 Å². The molecule has 86 valence electrons. The summed E-state index contributed by atoms with van der Waals surface area (Å²) in [6.07, 6.45) is 14.0. The molecule has 0 spiro atoms. The van der Waals surface area contributed by atoms with Crippen molar-refractivity contribution in [2.75, 3.05) is 18.8 Å². The molecule has 15 heavy (non-hydrogen) atoms. The van der Waals surface area contributed by atoms with Crippen molar-refractivity contribution in [3.05, 3.63) is 34.3 Å². The maximum atomic E-state index is 2.39. The molecule has 0 saturated heterocycles. The molecule has 0 bridgehead atoms. The monoisotopic (exact) mass is 224 g/mol. The first-order valence-corrected chi connectivity index (χ1v) is 8.27. The highest BCUT2D eigenvalue weighted by atomic mass is 32.3. The molecular weight excluding hydrogens is 200 g/mol. The second-order valence-electron chi connectivity index (χ2n) is 5.71. The van der Waals surface area contributed by atoms with Crippen molar-refractivity contribution >= 4 is 10.0 Å². The standard InChI is InChI=1S/C14H24S/c1-11-8-9-13(15(5,6)7)10-12(2)14(11,3)4/h8-10H,1-7H3. The van der Waals surface area contributed by atoms with E-state index in [2.05, 4.69) is 64.7 Å². The third-order valence-corrected chi connectivity index (χ3v) is 5.20. The van der Waals surface area contributed by atoms with Gasteiger partial charge < -0.3 is 0 Å². The van der Waals surface area contributed by atoms with Gasteiger partial charge in [0, 0.05) is 5.41 Å². The van der Waals surface area contributed by atoms with E-state index in [-0.39, 0.29) is 5.41 Å². The molecule has 0 heterocycles. The van der Waals surface area contributed by atoms with Crippen LogP contribution in [0.3, 0.4) is 0 Å². The Morgan fingerprint density at radius 2 is 1.47 bits per heavy atom. The van der Waals surface area contributed by atoms with Crippen molar-refractivity contribution in [2.24, 2.45) is 5.41 Å². The molecule has 1 rings (SSSR count). The van der Waals surface area contributed by atoms with Crippen LogP contribution >= 0.6 is 10.0 Å². The predicted molar refractivity (Wildman–Crippen MR) is 74.7 cm³/mol. The van der Waals surface area contributed by atoms with Gasteiger partial charge in [-0.3, -0.25) is 0 Å². The Morgan fingerprint density at radius 1 is 0.933 bits per heavy atom. The van der Waals surface area contributed by atoms with Crippen LogP contribution in [0.15, 0.2) is 34.3 Å². The average molecular weight is 224 g/mol. The molecule has 0 saturated carbocycles. The molecule has 0 N–H and O–H groups in total. The summed E-state index contributed by atoms with van der Waals surface area (Å²) in [6, 6.07) is 0. The van der Waals surface area contributed by atoms with E-state index >= 15 is 0 Å². The van der Waals surface area contributed by atoms with Crippen LogP contribution in [0, 0.1) is 5.41 Å². The van der Waals surface area contributed by atoms with Crippen LogP contribution in [0.2, 0.25) is 0 Å². The third-order valence-electron chi connectivity index (χ3n) is 3.54.